The van der Waals surface area contributed by atoms with Crippen LogP contribution in [0.25, 0.3) is 10.6 Å². The fraction of sp³-hybridized carbons (Fsp3) is 0.500. The molecule has 1 saturated heterocycles. The summed E-state index contributed by atoms with van der Waals surface area (Å²) in [4.78, 5) is 17.2. The van der Waals surface area contributed by atoms with Gasteiger partial charge in [-0.15, -0.1) is 22.7 Å². The van der Waals surface area contributed by atoms with E-state index >= 15 is 0 Å². The molecule has 25 heavy (non-hydrogen) atoms. The van der Waals surface area contributed by atoms with Gasteiger partial charge in [-0.2, -0.15) is 4.31 Å². The number of thiazole rings is 1. The molecule has 136 valence electrons. The van der Waals surface area contributed by atoms with E-state index in [0.29, 0.717) is 26.0 Å². The third-order valence-electron chi connectivity index (χ3n) is 4.05. The van der Waals surface area contributed by atoms with Crippen molar-refractivity contribution in [3.8, 4) is 10.6 Å². The number of piperidine rings is 1. The van der Waals surface area contributed by atoms with Crippen molar-refractivity contribution in [2.75, 3.05) is 19.7 Å². The molecule has 3 rings (SSSR count). The number of hydrogen-bond donors (Lipinski definition) is 0. The van der Waals surface area contributed by atoms with Gasteiger partial charge in [0.2, 0.25) is 0 Å². The quantitative estimate of drug-likeness (QED) is 0.721. The van der Waals surface area contributed by atoms with Gasteiger partial charge < -0.3 is 4.74 Å². The van der Waals surface area contributed by atoms with Crippen molar-refractivity contribution in [1.29, 1.82) is 0 Å². The van der Waals surface area contributed by atoms with Crippen LogP contribution in [0.5, 0.6) is 0 Å². The molecule has 2 aromatic heterocycles. The molecule has 1 unspecified atom stereocenters. The molecule has 0 saturated carbocycles. The first-order valence-electron chi connectivity index (χ1n) is 8.11. The lowest BCUT2D eigenvalue weighted by Crippen LogP contribution is -2.42. The molecule has 0 aromatic carbocycles. The molecule has 1 atom stereocenters. The van der Waals surface area contributed by atoms with Crippen LogP contribution in [0.3, 0.4) is 0 Å². The normalized spacial score (nSPS) is 19.0. The van der Waals surface area contributed by atoms with E-state index in [9.17, 15) is 13.2 Å². The maximum atomic E-state index is 12.9. The third kappa shape index (κ3) is 3.94. The Bertz CT molecular complexity index is 856. The summed E-state index contributed by atoms with van der Waals surface area (Å²) in [5, 5.41) is 2.87. The summed E-state index contributed by atoms with van der Waals surface area (Å²) < 4.78 is 32.6. The number of thiophene rings is 1. The molecule has 0 spiro atoms. The Kier molecular flexibility index (Phi) is 5.57. The van der Waals surface area contributed by atoms with E-state index in [1.54, 1.807) is 19.1 Å². The van der Waals surface area contributed by atoms with E-state index < -0.39 is 10.0 Å². The first-order chi connectivity index (χ1) is 11.9. The van der Waals surface area contributed by atoms with Gasteiger partial charge in [-0.25, -0.2) is 13.4 Å². The van der Waals surface area contributed by atoms with E-state index in [4.69, 9.17) is 4.74 Å². The Morgan fingerprint density at radius 3 is 2.92 bits per heavy atom. The molecule has 6 nitrogen and oxygen atoms in total. The number of carbonyl (C=O) groups is 1. The monoisotopic (exact) mass is 400 g/mol. The fourth-order valence-corrected chi connectivity index (χ4v) is 6.45. The predicted molar refractivity (Wildman–Crippen MR) is 98.3 cm³/mol. The predicted octanol–water partition coefficient (Wildman–Crippen LogP) is 3.14. The van der Waals surface area contributed by atoms with E-state index in [1.807, 2.05) is 12.3 Å². The van der Waals surface area contributed by atoms with Gasteiger partial charge in [0, 0.05) is 18.5 Å². The maximum absolute atomic E-state index is 12.9. The summed E-state index contributed by atoms with van der Waals surface area (Å²) >= 11 is 2.75. The highest BCUT2D eigenvalue weighted by atomic mass is 32.2. The molecule has 1 fully saturated rings. The summed E-state index contributed by atoms with van der Waals surface area (Å²) in [5.41, 5.74) is 0.803. The number of nitrogens with zero attached hydrogens (tertiary/aromatic N) is 2. The molecular formula is C16H20N2O4S3. The average Bonchev–Trinajstić information content (AvgIpc) is 3.24. The number of hydrogen-bond acceptors (Lipinski definition) is 7. The molecule has 1 aliphatic rings. The number of ether oxygens (including phenoxy) is 1. The van der Waals surface area contributed by atoms with Gasteiger partial charge >= 0.3 is 5.97 Å². The van der Waals surface area contributed by atoms with E-state index in [2.05, 4.69) is 4.98 Å². The number of carbonyl (C=O) groups excluding carboxylic acids is 1. The number of aromatic nitrogens is 1. The Hall–Kier alpha value is -1.29. The van der Waals surface area contributed by atoms with E-state index in [-0.39, 0.29) is 22.6 Å². The Morgan fingerprint density at radius 2 is 2.24 bits per heavy atom. The molecule has 0 aliphatic carbocycles. The molecule has 0 radical (unpaired) electrons. The summed E-state index contributed by atoms with van der Waals surface area (Å²) in [7, 11) is -3.60. The zero-order valence-corrected chi connectivity index (χ0v) is 16.5. The minimum atomic E-state index is -3.60. The first-order valence-corrected chi connectivity index (χ1v) is 11.2. The van der Waals surface area contributed by atoms with Gasteiger partial charge in [-0.05, 0) is 38.8 Å². The van der Waals surface area contributed by atoms with Crippen molar-refractivity contribution in [2.24, 2.45) is 5.92 Å². The summed E-state index contributed by atoms with van der Waals surface area (Å²) in [6.07, 6.45) is 1.32. The van der Waals surface area contributed by atoms with Crippen molar-refractivity contribution in [2.45, 2.75) is 30.9 Å². The molecule has 2 aromatic rings. The lowest BCUT2D eigenvalue weighted by atomic mass is 10.0. The smallest absolute Gasteiger partial charge is 0.310 e. The second-order valence-electron chi connectivity index (χ2n) is 5.82. The van der Waals surface area contributed by atoms with Gasteiger partial charge in [0.15, 0.2) is 0 Å². The van der Waals surface area contributed by atoms with Crippen LogP contribution in [0.15, 0.2) is 21.7 Å². The highest BCUT2D eigenvalue weighted by molar-refractivity contribution is 7.91. The van der Waals surface area contributed by atoms with Crippen LogP contribution in [0.1, 0.15) is 24.8 Å². The molecule has 0 amide bonds. The third-order valence-corrected chi connectivity index (χ3v) is 8.26. The molecular weight excluding hydrogens is 380 g/mol. The van der Waals surface area contributed by atoms with Crippen LogP contribution in [0, 0.1) is 12.8 Å². The lowest BCUT2D eigenvalue weighted by molar-refractivity contribution is -0.149. The van der Waals surface area contributed by atoms with Crippen molar-refractivity contribution in [3.63, 3.8) is 0 Å². The van der Waals surface area contributed by atoms with Crippen LogP contribution in [0.4, 0.5) is 0 Å². The van der Waals surface area contributed by atoms with E-state index in [0.717, 1.165) is 15.6 Å². The molecule has 1 aliphatic heterocycles. The van der Waals surface area contributed by atoms with Crippen LogP contribution in [-0.4, -0.2) is 43.4 Å². The second kappa shape index (κ2) is 7.53. The standard InChI is InChI=1S/C16H20N2O4S3/c1-3-22-16(19)12-5-4-8-18(9-12)25(20,21)15-7-6-14(24-15)13-10-23-11(2)17-13/h6-7,10,12H,3-5,8-9H2,1-2H3. The summed E-state index contributed by atoms with van der Waals surface area (Å²) in [6.45, 7) is 4.60. The van der Waals surface area contributed by atoms with Gasteiger partial charge in [-0.3, -0.25) is 4.79 Å². The van der Waals surface area contributed by atoms with Gasteiger partial charge in [-0.1, -0.05) is 0 Å². The Labute approximate surface area is 155 Å². The zero-order chi connectivity index (χ0) is 18.0. The van der Waals surface area contributed by atoms with Crippen molar-refractivity contribution in [3.05, 3.63) is 22.5 Å². The topological polar surface area (TPSA) is 76.6 Å². The highest BCUT2D eigenvalue weighted by Crippen LogP contribution is 2.34. The molecule has 0 bridgehead atoms. The molecule has 9 heteroatoms. The SMILES string of the molecule is CCOC(=O)C1CCCN(S(=O)(=O)c2ccc(-c3csc(C)n3)s2)C1. The van der Waals surface area contributed by atoms with Crippen LogP contribution in [-0.2, 0) is 19.6 Å². The minimum absolute atomic E-state index is 0.185. The summed E-state index contributed by atoms with van der Waals surface area (Å²) in [6, 6.07) is 3.41. The summed E-state index contributed by atoms with van der Waals surface area (Å²) in [5.74, 6) is -0.698. The zero-order valence-electron chi connectivity index (χ0n) is 14.1. The maximum Gasteiger partial charge on any atom is 0.310 e. The van der Waals surface area contributed by atoms with Crippen molar-refractivity contribution >= 4 is 38.7 Å². The van der Waals surface area contributed by atoms with Crippen LogP contribution in [0.2, 0.25) is 0 Å². The van der Waals surface area contributed by atoms with Gasteiger partial charge in [0.05, 0.1) is 28.1 Å². The van der Waals surface area contributed by atoms with Crippen LogP contribution < -0.4 is 0 Å². The number of sulfonamides is 1. The van der Waals surface area contributed by atoms with Crippen molar-refractivity contribution in [1.82, 2.24) is 9.29 Å². The van der Waals surface area contributed by atoms with Gasteiger partial charge in [0.25, 0.3) is 10.0 Å². The minimum Gasteiger partial charge on any atom is -0.466 e. The number of rotatable bonds is 5. The van der Waals surface area contributed by atoms with Crippen molar-refractivity contribution < 1.29 is 17.9 Å². The highest BCUT2D eigenvalue weighted by Gasteiger charge is 2.34. The van der Waals surface area contributed by atoms with E-state index in [1.165, 1.54) is 27.0 Å². The Morgan fingerprint density at radius 1 is 1.44 bits per heavy atom. The second-order valence-corrected chi connectivity index (χ2v) is 10.1. The number of aryl methyl sites for hydroxylation is 1. The molecule has 0 N–H and O–H groups in total. The number of esters is 1. The van der Waals surface area contributed by atoms with Gasteiger partial charge in [0.1, 0.15) is 4.21 Å². The Balaban J connectivity index is 1.79. The lowest BCUT2D eigenvalue weighted by Gasteiger charge is -2.30. The molecule has 3 heterocycles. The largest absolute Gasteiger partial charge is 0.466 e. The van der Waals surface area contributed by atoms with Crippen LogP contribution >= 0.6 is 22.7 Å². The fourth-order valence-electron chi connectivity index (χ4n) is 2.81. The average molecular weight is 401 g/mol. The first kappa shape index (κ1) is 18.5.